The number of rotatable bonds is 7. The Kier molecular flexibility index (Phi) is 6.64. The Morgan fingerprint density at radius 1 is 1.11 bits per heavy atom. The molecule has 0 aliphatic carbocycles. The van der Waals surface area contributed by atoms with E-state index in [9.17, 15) is 9.59 Å². The predicted molar refractivity (Wildman–Crippen MR) is 72.2 cm³/mol. The van der Waals surface area contributed by atoms with Crippen LogP contribution >= 0.6 is 0 Å². The van der Waals surface area contributed by atoms with Gasteiger partial charge in [-0.2, -0.15) is 0 Å². The summed E-state index contributed by atoms with van der Waals surface area (Å²) in [4.78, 5) is 23.4. The van der Waals surface area contributed by atoms with Gasteiger partial charge in [-0.15, -0.1) is 0 Å². The van der Waals surface area contributed by atoms with Crippen LogP contribution in [0.25, 0.3) is 0 Å². The highest BCUT2D eigenvalue weighted by atomic mass is 16.7. The lowest BCUT2D eigenvalue weighted by Gasteiger charge is -2.15. The fraction of sp³-hybridized carbons (Fsp3) is 0.467. The molecule has 0 saturated carbocycles. The molecule has 0 fully saturated rings. The SMILES string of the molecule is CCCC(=O)C(CCC)OC(=O)Oc1ccccc1. The van der Waals surface area contributed by atoms with Crippen molar-refractivity contribution in [2.75, 3.05) is 0 Å². The van der Waals surface area contributed by atoms with Gasteiger partial charge in [0.1, 0.15) is 5.75 Å². The zero-order valence-corrected chi connectivity index (χ0v) is 11.4. The van der Waals surface area contributed by atoms with Crippen LogP contribution in [0.1, 0.15) is 39.5 Å². The maximum absolute atomic E-state index is 11.8. The van der Waals surface area contributed by atoms with Crippen molar-refractivity contribution < 1.29 is 19.1 Å². The summed E-state index contributed by atoms with van der Waals surface area (Å²) >= 11 is 0. The van der Waals surface area contributed by atoms with Crippen molar-refractivity contribution in [2.24, 2.45) is 0 Å². The molecule has 104 valence electrons. The first-order valence-electron chi connectivity index (χ1n) is 6.63. The second-order valence-corrected chi connectivity index (χ2v) is 4.28. The molecule has 0 aliphatic rings. The lowest BCUT2D eigenvalue weighted by molar-refractivity contribution is -0.128. The van der Waals surface area contributed by atoms with E-state index in [1.54, 1.807) is 24.3 Å². The molecule has 19 heavy (non-hydrogen) atoms. The van der Waals surface area contributed by atoms with Crippen LogP contribution < -0.4 is 4.74 Å². The Hall–Kier alpha value is -1.84. The zero-order valence-electron chi connectivity index (χ0n) is 11.4. The molecule has 0 bridgehead atoms. The van der Waals surface area contributed by atoms with E-state index in [1.807, 2.05) is 19.9 Å². The average Bonchev–Trinajstić information content (AvgIpc) is 2.39. The van der Waals surface area contributed by atoms with Crippen LogP contribution in [-0.2, 0) is 9.53 Å². The van der Waals surface area contributed by atoms with E-state index in [2.05, 4.69) is 0 Å². The molecule has 0 saturated heterocycles. The molecule has 0 aliphatic heterocycles. The van der Waals surface area contributed by atoms with Crippen molar-refractivity contribution in [3.8, 4) is 5.75 Å². The van der Waals surface area contributed by atoms with Gasteiger partial charge in [0.2, 0.25) is 0 Å². The standard InChI is InChI=1S/C15H20O4/c1-3-8-13(16)14(9-4-2)19-15(17)18-12-10-6-5-7-11-12/h5-7,10-11,14H,3-4,8-9H2,1-2H3. The molecule has 0 amide bonds. The largest absolute Gasteiger partial charge is 0.514 e. The van der Waals surface area contributed by atoms with Gasteiger partial charge in [-0.3, -0.25) is 4.79 Å². The third-order valence-electron chi connectivity index (χ3n) is 2.59. The summed E-state index contributed by atoms with van der Waals surface area (Å²) in [6.45, 7) is 3.86. The molecule has 4 nitrogen and oxygen atoms in total. The maximum atomic E-state index is 11.8. The lowest BCUT2D eigenvalue weighted by atomic mass is 10.1. The third-order valence-corrected chi connectivity index (χ3v) is 2.59. The summed E-state index contributed by atoms with van der Waals surface area (Å²) in [5, 5.41) is 0. The van der Waals surface area contributed by atoms with Gasteiger partial charge >= 0.3 is 6.16 Å². The Morgan fingerprint density at radius 3 is 2.37 bits per heavy atom. The van der Waals surface area contributed by atoms with Crippen LogP contribution in [0.15, 0.2) is 30.3 Å². The zero-order chi connectivity index (χ0) is 14.1. The monoisotopic (exact) mass is 264 g/mol. The summed E-state index contributed by atoms with van der Waals surface area (Å²) in [5.74, 6) is 0.361. The van der Waals surface area contributed by atoms with Crippen molar-refractivity contribution >= 4 is 11.9 Å². The van der Waals surface area contributed by atoms with E-state index in [0.29, 0.717) is 18.6 Å². The molecular weight excluding hydrogens is 244 g/mol. The quantitative estimate of drug-likeness (QED) is 0.556. The number of carbonyl (C=O) groups excluding carboxylic acids is 2. The number of benzene rings is 1. The molecule has 0 aromatic heterocycles. The topological polar surface area (TPSA) is 52.6 Å². The average molecular weight is 264 g/mol. The van der Waals surface area contributed by atoms with E-state index < -0.39 is 12.3 Å². The van der Waals surface area contributed by atoms with Gasteiger partial charge in [-0.25, -0.2) is 4.79 Å². The van der Waals surface area contributed by atoms with E-state index in [-0.39, 0.29) is 5.78 Å². The second-order valence-electron chi connectivity index (χ2n) is 4.28. The number of para-hydroxylation sites is 1. The van der Waals surface area contributed by atoms with E-state index in [4.69, 9.17) is 9.47 Å². The van der Waals surface area contributed by atoms with Gasteiger partial charge in [0.05, 0.1) is 0 Å². The van der Waals surface area contributed by atoms with Crippen molar-refractivity contribution in [3.05, 3.63) is 30.3 Å². The van der Waals surface area contributed by atoms with Crippen molar-refractivity contribution in [1.82, 2.24) is 0 Å². The van der Waals surface area contributed by atoms with Crippen LogP contribution in [0.5, 0.6) is 5.75 Å². The highest BCUT2D eigenvalue weighted by molar-refractivity contribution is 5.84. The minimum Gasteiger partial charge on any atom is -0.423 e. The van der Waals surface area contributed by atoms with Crippen LogP contribution in [0.3, 0.4) is 0 Å². The summed E-state index contributed by atoms with van der Waals surface area (Å²) < 4.78 is 10.1. The first-order chi connectivity index (χ1) is 9.17. The fourth-order valence-electron chi connectivity index (χ4n) is 1.68. The number of ether oxygens (including phenoxy) is 2. The highest BCUT2D eigenvalue weighted by Gasteiger charge is 2.22. The summed E-state index contributed by atoms with van der Waals surface area (Å²) in [7, 11) is 0. The van der Waals surface area contributed by atoms with Gasteiger partial charge in [-0.05, 0) is 25.0 Å². The number of hydrogen-bond acceptors (Lipinski definition) is 4. The molecular formula is C15H20O4. The Labute approximate surface area is 113 Å². The minimum absolute atomic E-state index is 0.0469. The maximum Gasteiger partial charge on any atom is 0.514 e. The Morgan fingerprint density at radius 2 is 1.79 bits per heavy atom. The second kappa shape index (κ2) is 8.29. The van der Waals surface area contributed by atoms with Gasteiger partial charge < -0.3 is 9.47 Å². The van der Waals surface area contributed by atoms with Gasteiger partial charge in [-0.1, -0.05) is 38.5 Å². The molecule has 1 atom stereocenters. The molecule has 1 aromatic rings. The van der Waals surface area contributed by atoms with Gasteiger partial charge in [0, 0.05) is 6.42 Å². The Bertz CT molecular complexity index is 400. The number of hydrogen-bond donors (Lipinski definition) is 0. The summed E-state index contributed by atoms with van der Waals surface area (Å²) in [5.41, 5.74) is 0. The molecule has 0 spiro atoms. The van der Waals surface area contributed by atoms with Crippen LogP contribution in [0, 0.1) is 0 Å². The Balaban J connectivity index is 2.54. The van der Waals surface area contributed by atoms with Gasteiger partial charge in [0.15, 0.2) is 11.9 Å². The van der Waals surface area contributed by atoms with Crippen LogP contribution in [0.4, 0.5) is 4.79 Å². The van der Waals surface area contributed by atoms with Crippen LogP contribution in [-0.4, -0.2) is 18.0 Å². The molecule has 1 unspecified atom stereocenters. The first-order valence-corrected chi connectivity index (χ1v) is 6.63. The number of ketones is 1. The first kappa shape index (κ1) is 15.2. The van der Waals surface area contributed by atoms with Crippen molar-refractivity contribution in [2.45, 2.75) is 45.6 Å². The summed E-state index contributed by atoms with van der Waals surface area (Å²) in [6.07, 6.45) is 0.955. The van der Waals surface area contributed by atoms with E-state index in [0.717, 1.165) is 12.8 Å². The predicted octanol–water partition coefficient (Wildman–Crippen LogP) is 3.74. The number of Topliss-reactive ketones (excluding diaryl/α,β-unsaturated/α-hetero) is 1. The highest BCUT2D eigenvalue weighted by Crippen LogP contribution is 2.12. The molecule has 4 heteroatoms. The normalized spacial score (nSPS) is 11.7. The fourth-order valence-corrected chi connectivity index (χ4v) is 1.68. The molecule has 0 radical (unpaired) electrons. The van der Waals surface area contributed by atoms with Crippen molar-refractivity contribution in [1.29, 1.82) is 0 Å². The van der Waals surface area contributed by atoms with Gasteiger partial charge in [0.25, 0.3) is 0 Å². The minimum atomic E-state index is -0.825. The molecule has 1 aromatic carbocycles. The van der Waals surface area contributed by atoms with E-state index >= 15 is 0 Å². The summed E-state index contributed by atoms with van der Waals surface area (Å²) in [6, 6.07) is 8.65. The smallest absolute Gasteiger partial charge is 0.423 e. The molecule has 0 N–H and O–H groups in total. The molecule has 1 rings (SSSR count). The van der Waals surface area contributed by atoms with Crippen molar-refractivity contribution in [3.63, 3.8) is 0 Å². The van der Waals surface area contributed by atoms with E-state index in [1.165, 1.54) is 0 Å². The number of carbonyl (C=O) groups is 2. The lowest BCUT2D eigenvalue weighted by Crippen LogP contribution is -2.28. The van der Waals surface area contributed by atoms with Crippen LogP contribution in [0.2, 0.25) is 0 Å². The molecule has 0 heterocycles. The third kappa shape index (κ3) is 5.55.